The van der Waals surface area contributed by atoms with Gasteiger partial charge in [0.15, 0.2) is 12.4 Å². The van der Waals surface area contributed by atoms with Crippen molar-refractivity contribution in [2.45, 2.75) is 12.8 Å². The molecule has 0 spiro atoms. The minimum atomic E-state index is -0.623. The van der Waals surface area contributed by atoms with E-state index in [1.54, 1.807) is 0 Å². The van der Waals surface area contributed by atoms with Crippen LogP contribution in [-0.4, -0.2) is 48.3 Å². The van der Waals surface area contributed by atoms with Crippen LogP contribution in [0.15, 0.2) is 24.3 Å². The summed E-state index contributed by atoms with van der Waals surface area (Å²) in [5.74, 6) is -2.02. The lowest BCUT2D eigenvalue weighted by Gasteiger charge is -2.11. The van der Waals surface area contributed by atoms with E-state index in [-0.39, 0.29) is 37.4 Å². The minimum Gasteiger partial charge on any atom is -0.457 e. The van der Waals surface area contributed by atoms with Crippen molar-refractivity contribution >= 4 is 23.7 Å². The molecule has 1 aromatic rings. The van der Waals surface area contributed by atoms with E-state index in [4.69, 9.17) is 4.74 Å². The number of ether oxygens (including phenoxy) is 1. The Morgan fingerprint density at radius 2 is 2.09 bits per heavy atom. The van der Waals surface area contributed by atoms with Gasteiger partial charge in [-0.3, -0.25) is 19.3 Å². The number of nitrogens with zero attached hydrogens (tertiary/aromatic N) is 1. The van der Waals surface area contributed by atoms with Crippen LogP contribution in [0.3, 0.4) is 0 Å². The zero-order chi connectivity index (χ0) is 16.8. The fraction of sp³-hybridized carbons (Fsp3) is 0.333. The van der Waals surface area contributed by atoms with E-state index in [2.05, 4.69) is 5.32 Å². The van der Waals surface area contributed by atoms with Crippen molar-refractivity contribution in [2.24, 2.45) is 0 Å². The van der Waals surface area contributed by atoms with E-state index in [1.165, 1.54) is 18.2 Å². The van der Waals surface area contributed by atoms with E-state index < -0.39 is 30.2 Å². The summed E-state index contributed by atoms with van der Waals surface area (Å²) in [7, 11) is 0. The number of amides is 3. The summed E-state index contributed by atoms with van der Waals surface area (Å²) < 4.78 is 17.8. The third-order valence-corrected chi connectivity index (χ3v) is 3.21. The van der Waals surface area contributed by atoms with Crippen LogP contribution in [-0.2, 0) is 14.3 Å². The molecule has 0 aliphatic carbocycles. The summed E-state index contributed by atoms with van der Waals surface area (Å²) in [6, 6.07) is 4.61. The number of rotatable bonds is 7. The molecule has 0 radical (unpaired) electrons. The molecule has 1 aliphatic heterocycles. The molecule has 2 rings (SSSR count). The van der Waals surface area contributed by atoms with E-state index in [0.717, 1.165) is 11.0 Å². The van der Waals surface area contributed by atoms with Gasteiger partial charge in [-0.25, -0.2) is 9.18 Å². The van der Waals surface area contributed by atoms with Crippen LogP contribution in [0.2, 0.25) is 0 Å². The number of carbonyl (C=O) groups is 4. The number of benzene rings is 1. The largest absolute Gasteiger partial charge is 0.457 e. The maximum absolute atomic E-state index is 13.0. The molecule has 0 bridgehead atoms. The zero-order valence-electron chi connectivity index (χ0n) is 12.2. The van der Waals surface area contributed by atoms with Gasteiger partial charge in [0.2, 0.25) is 5.91 Å². The second-order valence-electron chi connectivity index (χ2n) is 4.90. The van der Waals surface area contributed by atoms with Crippen molar-refractivity contribution in [2.75, 3.05) is 19.7 Å². The number of hydrogen-bond acceptors (Lipinski definition) is 5. The summed E-state index contributed by atoms with van der Waals surface area (Å²) in [6.45, 7) is -0.408. The summed E-state index contributed by atoms with van der Waals surface area (Å²) in [6.07, 6.45) is 0.208. The van der Waals surface area contributed by atoms with E-state index in [0.29, 0.717) is 0 Å². The van der Waals surface area contributed by atoms with Crippen molar-refractivity contribution < 1.29 is 28.3 Å². The van der Waals surface area contributed by atoms with Crippen LogP contribution in [0, 0.1) is 5.82 Å². The van der Waals surface area contributed by atoms with Gasteiger partial charge in [0.05, 0.1) is 6.54 Å². The van der Waals surface area contributed by atoms with Crippen LogP contribution < -0.4 is 5.32 Å². The molecule has 1 saturated heterocycles. The molecule has 3 amide bonds. The Bertz CT molecular complexity index is 631. The number of carbonyl (C=O) groups excluding carboxylic acids is 4. The highest BCUT2D eigenvalue weighted by Gasteiger charge is 2.27. The molecule has 7 nitrogen and oxygen atoms in total. The van der Waals surface area contributed by atoms with Crippen molar-refractivity contribution in [3.8, 4) is 0 Å². The molecule has 1 aromatic carbocycles. The molecule has 0 aromatic heterocycles. The fourth-order valence-corrected chi connectivity index (χ4v) is 2.03. The van der Waals surface area contributed by atoms with Gasteiger partial charge in [0.25, 0.3) is 0 Å². The van der Waals surface area contributed by atoms with Gasteiger partial charge in [0, 0.05) is 18.5 Å². The van der Waals surface area contributed by atoms with E-state index in [9.17, 15) is 23.6 Å². The number of ketones is 1. The Morgan fingerprint density at radius 3 is 2.74 bits per heavy atom. The third-order valence-electron chi connectivity index (χ3n) is 3.21. The first-order valence-electron chi connectivity index (χ1n) is 7.00. The molecular formula is C15H15FN2O5. The van der Waals surface area contributed by atoms with Crippen molar-refractivity contribution in [3.63, 3.8) is 0 Å². The molecule has 122 valence electrons. The molecule has 23 heavy (non-hydrogen) atoms. The average molecular weight is 322 g/mol. The summed E-state index contributed by atoms with van der Waals surface area (Å²) in [5.41, 5.74) is 0.122. The van der Waals surface area contributed by atoms with Crippen LogP contribution in [0.4, 0.5) is 9.18 Å². The maximum Gasteiger partial charge on any atom is 0.324 e. The molecule has 8 heteroatoms. The number of imide groups is 1. The molecule has 1 fully saturated rings. The second-order valence-corrected chi connectivity index (χ2v) is 4.90. The average Bonchev–Trinajstić information content (AvgIpc) is 2.84. The van der Waals surface area contributed by atoms with Gasteiger partial charge in [-0.1, -0.05) is 12.1 Å². The lowest BCUT2D eigenvalue weighted by molar-refractivity contribution is -0.142. The van der Waals surface area contributed by atoms with Crippen LogP contribution >= 0.6 is 0 Å². The quantitative estimate of drug-likeness (QED) is 0.457. The van der Waals surface area contributed by atoms with Gasteiger partial charge in [-0.05, 0) is 18.6 Å². The Kier molecular flexibility index (Phi) is 5.40. The Labute approximate surface area is 131 Å². The number of nitrogens with one attached hydrogen (secondary N) is 1. The summed E-state index contributed by atoms with van der Waals surface area (Å²) in [5, 5.41) is 2.37. The highest BCUT2D eigenvalue weighted by molar-refractivity contribution is 6.02. The lowest BCUT2D eigenvalue weighted by atomic mass is 10.1. The lowest BCUT2D eigenvalue weighted by Crippen LogP contribution is -2.32. The Morgan fingerprint density at radius 1 is 1.30 bits per heavy atom. The van der Waals surface area contributed by atoms with E-state index in [1.807, 2.05) is 0 Å². The van der Waals surface area contributed by atoms with Gasteiger partial charge < -0.3 is 10.1 Å². The van der Waals surface area contributed by atoms with Gasteiger partial charge >= 0.3 is 12.0 Å². The molecule has 0 saturated carbocycles. The second kappa shape index (κ2) is 7.48. The molecular weight excluding hydrogens is 307 g/mol. The van der Waals surface area contributed by atoms with Crippen LogP contribution in [0.25, 0.3) is 0 Å². The number of halogens is 1. The Hall–Kier alpha value is -2.77. The van der Waals surface area contributed by atoms with Crippen LogP contribution in [0.5, 0.6) is 0 Å². The SMILES string of the molecule is O=C(CCCN1C(=O)CNC1=O)OCC(=O)c1cccc(F)c1. The number of esters is 1. The first kappa shape index (κ1) is 16.6. The third kappa shape index (κ3) is 4.60. The van der Waals surface area contributed by atoms with Gasteiger partial charge in [-0.15, -0.1) is 0 Å². The number of urea groups is 1. The summed E-state index contributed by atoms with van der Waals surface area (Å²) >= 11 is 0. The van der Waals surface area contributed by atoms with Crippen LogP contribution in [0.1, 0.15) is 23.2 Å². The summed E-state index contributed by atoms with van der Waals surface area (Å²) in [4.78, 5) is 46.8. The first-order chi connectivity index (χ1) is 11.0. The van der Waals surface area contributed by atoms with Gasteiger partial charge in [-0.2, -0.15) is 0 Å². The molecule has 1 aliphatic rings. The Balaban J connectivity index is 1.70. The van der Waals surface area contributed by atoms with Gasteiger partial charge in [0.1, 0.15) is 5.82 Å². The van der Waals surface area contributed by atoms with Crippen molar-refractivity contribution in [1.29, 1.82) is 0 Å². The standard InChI is InChI=1S/C15H15FN2O5/c16-11-4-1-3-10(7-11)12(19)9-23-14(21)5-2-6-18-13(20)8-17-15(18)22/h1,3-4,7H,2,5-6,8-9H2,(H,17,22). The molecule has 0 unspecified atom stereocenters. The smallest absolute Gasteiger partial charge is 0.324 e. The van der Waals surface area contributed by atoms with E-state index >= 15 is 0 Å². The maximum atomic E-state index is 13.0. The predicted molar refractivity (Wildman–Crippen MR) is 76.0 cm³/mol. The fourth-order valence-electron chi connectivity index (χ4n) is 2.03. The zero-order valence-corrected chi connectivity index (χ0v) is 12.2. The predicted octanol–water partition coefficient (Wildman–Crippen LogP) is 0.884. The van der Waals surface area contributed by atoms with Crippen molar-refractivity contribution in [3.05, 3.63) is 35.6 Å². The monoisotopic (exact) mass is 322 g/mol. The first-order valence-corrected chi connectivity index (χ1v) is 7.00. The molecule has 1 N–H and O–H groups in total. The highest BCUT2D eigenvalue weighted by Crippen LogP contribution is 2.06. The molecule has 1 heterocycles. The topological polar surface area (TPSA) is 92.8 Å². The number of hydrogen-bond donors (Lipinski definition) is 1. The molecule has 0 atom stereocenters. The number of Topliss-reactive ketones (excluding diaryl/α,β-unsaturated/α-hetero) is 1. The minimum absolute atomic E-state index is 0.0342. The normalized spacial score (nSPS) is 13.9. The van der Waals surface area contributed by atoms with Crippen molar-refractivity contribution in [1.82, 2.24) is 10.2 Å². The highest BCUT2D eigenvalue weighted by atomic mass is 19.1.